The van der Waals surface area contributed by atoms with Gasteiger partial charge in [0.25, 0.3) is 0 Å². The number of aryl methyl sites for hydroxylation is 1. The zero-order valence-corrected chi connectivity index (χ0v) is 22.5. The molecule has 0 spiro atoms. The van der Waals surface area contributed by atoms with E-state index in [2.05, 4.69) is 42.4 Å². The lowest BCUT2D eigenvalue weighted by molar-refractivity contribution is -0.929. The van der Waals surface area contributed by atoms with Crippen LogP contribution >= 0.6 is 11.3 Å². The van der Waals surface area contributed by atoms with E-state index >= 15 is 0 Å². The summed E-state index contributed by atoms with van der Waals surface area (Å²) in [6.45, 7) is 12.1. The number of nitrogens with one attached hydrogen (secondary N) is 1. The topological polar surface area (TPSA) is 53.9 Å². The number of anilines is 2. The highest BCUT2D eigenvalue weighted by molar-refractivity contribution is 7.16. The molecule has 0 amide bonds. The van der Waals surface area contributed by atoms with Gasteiger partial charge in [-0.15, -0.1) is 11.3 Å². The van der Waals surface area contributed by atoms with Gasteiger partial charge in [0.15, 0.2) is 0 Å². The number of ether oxygens (including phenoxy) is 1. The number of thiophene rings is 1. The number of hydrogen-bond acceptors (Lipinski definition) is 6. The van der Waals surface area contributed by atoms with E-state index in [0.29, 0.717) is 6.73 Å². The fourth-order valence-corrected chi connectivity index (χ4v) is 4.75. The van der Waals surface area contributed by atoms with Crippen molar-refractivity contribution in [1.29, 1.82) is 0 Å². The Kier molecular flexibility index (Phi) is 7.56. The van der Waals surface area contributed by atoms with Crippen molar-refractivity contribution in [3.05, 3.63) is 40.8 Å². The molecule has 3 heterocycles. The average molecular weight is 569 g/mol. The summed E-state index contributed by atoms with van der Waals surface area (Å²) in [5.74, 6) is 0.929. The Hall–Kier alpha value is -1.65. The normalized spacial score (nSPS) is 17.2. The van der Waals surface area contributed by atoms with Crippen LogP contribution in [-0.4, -0.2) is 61.1 Å². The third-order valence-corrected chi connectivity index (χ3v) is 7.50. The number of para-hydroxylation sites is 2. The largest absolute Gasteiger partial charge is 1.00 e. The minimum absolute atomic E-state index is 0. The van der Waals surface area contributed by atoms with E-state index in [9.17, 15) is 4.79 Å². The van der Waals surface area contributed by atoms with E-state index < -0.39 is 5.41 Å². The second-order valence-electron chi connectivity index (χ2n) is 9.53. The number of benzene rings is 1. The third-order valence-electron chi connectivity index (χ3n) is 6.54. The fraction of sp³-hybridized carbons (Fsp3) is 0.500. The molecule has 1 saturated heterocycles. The predicted molar refractivity (Wildman–Crippen MR) is 128 cm³/mol. The first-order valence-electron chi connectivity index (χ1n) is 11.0. The Morgan fingerprint density at radius 1 is 1.28 bits per heavy atom. The number of quaternary nitrogens is 1. The Labute approximate surface area is 212 Å². The molecule has 0 bridgehead atoms. The van der Waals surface area contributed by atoms with Gasteiger partial charge < -0.3 is 38.9 Å². The first kappa shape index (κ1) is 25.0. The first-order valence-corrected chi connectivity index (χ1v) is 11.8. The van der Waals surface area contributed by atoms with Crippen LogP contribution in [0.15, 0.2) is 35.3 Å². The second kappa shape index (κ2) is 9.69. The molecule has 0 aliphatic carbocycles. The molecule has 1 aromatic carbocycles. The first-order chi connectivity index (χ1) is 14.7. The quantitative estimate of drug-likeness (QED) is 0.348. The summed E-state index contributed by atoms with van der Waals surface area (Å²) in [4.78, 5) is 21.1. The van der Waals surface area contributed by atoms with Crippen LogP contribution in [0.2, 0.25) is 0 Å². The molecular weight excluding hydrogens is 535 g/mol. The van der Waals surface area contributed by atoms with E-state index in [1.165, 1.54) is 10.4 Å². The van der Waals surface area contributed by atoms with Gasteiger partial charge in [-0.2, -0.15) is 0 Å². The smallest absolute Gasteiger partial charge is 0.315 e. The number of likely N-dealkylation sites (N-methyl/N-ethyl adjacent to an activating group) is 1. The molecular formula is C24H33IN4O2S. The molecule has 0 unspecified atom stereocenters. The van der Waals surface area contributed by atoms with Gasteiger partial charge in [0.1, 0.15) is 10.8 Å². The number of rotatable bonds is 4. The van der Waals surface area contributed by atoms with Crippen molar-refractivity contribution in [1.82, 2.24) is 4.90 Å². The number of esters is 1. The van der Waals surface area contributed by atoms with Crippen LogP contribution < -0.4 is 29.3 Å². The standard InChI is InChI=1S/C24H33N4O2S.HI/c1-6-24(3,4)23(29)30-16-28(5)13-11-27(12-14-28)21-18-15-17(2)31-22(18)26-20-10-8-7-9-19(20)25-21;/h7-10,15,26H,6,11-14,16H2,1-5H3;1H/q+1;/p-1. The van der Waals surface area contributed by atoms with Gasteiger partial charge in [0.05, 0.1) is 55.6 Å². The predicted octanol–water partition coefficient (Wildman–Crippen LogP) is 1.89. The average Bonchev–Trinajstić information content (AvgIpc) is 3.04. The number of aliphatic imine (C=N–C) groups is 1. The Bertz CT molecular complexity index is 1010. The third kappa shape index (κ3) is 5.12. The maximum Gasteiger partial charge on any atom is 0.315 e. The van der Waals surface area contributed by atoms with Crippen LogP contribution in [0.4, 0.5) is 16.4 Å². The minimum atomic E-state index is -0.427. The van der Waals surface area contributed by atoms with Gasteiger partial charge in [-0.3, -0.25) is 9.28 Å². The van der Waals surface area contributed by atoms with Crippen molar-refractivity contribution in [2.75, 3.05) is 45.3 Å². The number of carbonyl (C=O) groups excluding carboxylic acids is 1. The van der Waals surface area contributed by atoms with Crippen molar-refractivity contribution in [3.63, 3.8) is 0 Å². The van der Waals surface area contributed by atoms with Crippen molar-refractivity contribution in [2.45, 2.75) is 34.1 Å². The van der Waals surface area contributed by atoms with E-state index in [1.807, 2.05) is 32.9 Å². The summed E-state index contributed by atoms with van der Waals surface area (Å²) in [5.41, 5.74) is 2.76. The summed E-state index contributed by atoms with van der Waals surface area (Å²) >= 11 is 1.77. The lowest BCUT2D eigenvalue weighted by atomic mass is 9.91. The van der Waals surface area contributed by atoms with Crippen LogP contribution in [-0.2, 0) is 9.53 Å². The highest BCUT2D eigenvalue weighted by Gasteiger charge is 2.35. The van der Waals surface area contributed by atoms with Crippen LogP contribution in [0, 0.1) is 12.3 Å². The van der Waals surface area contributed by atoms with Crippen molar-refractivity contribution < 1.29 is 38.0 Å². The molecule has 1 aromatic heterocycles. The van der Waals surface area contributed by atoms with Gasteiger partial charge >= 0.3 is 5.97 Å². The Balaban J connectivity index is 0.00000289. The number of nitrogens with zero attached hydrogens (tertiary/aromatic N) is 3. The highest BCUT2D eigenvalue weighted by Crippen LogP contribution is 2.39. The summed E-state index contributed by atoms with van der Waals surface area (Å²) in [5, 5.41) is 4.73. The number of amidine groups is 1. The summed E-state index contributed by atoms with van der Waals surface area (Å²) in [6, 6.07) is 10.4. The van der Waals surface area contributed by atoms with Crippen molar-refractivity contribution >= 4 is 39.5 Å². The maximum atomic E-state index is 12.4. The van der Waals surface area contributed by atoms with E-state index in [1.54, 1.807) is 11.3 Å². The molecule has 0 radical (unpaired) electrons. The van der Waals surface area contributed by atoms with Crippen LogP contribution in [0.1, 0.15) is 37.6 Å². The zero-order valence-electron chi connectivity index (χ0n) is 19.6. The molecule has 2 aliphatic heterocycles. The summed E-state index contributed by atoms with van der Waals surface area (Å²) < 4.78 is 6.46. The molecule has 6 nitrogen and oxygen atoms in total. The zero-order chi connectivity index (χ0) is 22.2. The molecule has 1 fully saturated rings. The molecule has 174 valence electrons. The monoisotopic (exact) mass is 568 g/mol. The van der Waals surface area contributed by atoms with Crippen LogP contribution in [0.3, 0.4) is 0 Å². The van der Waals surface area contributed by atoms with Gasteiger partial charge in [-0.05, 0) is 45.4 Å². The second-order valence-corrected chi connectivity index (χ2v) is 10.8. The lowest BCUT2D eigenvalue weighted by Gasteiger charge is -2.42. The molecule has 1 N–H and O–H groups in total. The molecule has 8 heteroatoms. The lowest BCUT2D eigenvalue weighted by Crippen LogP contribution is -3.00. The van der Waals surface area contributed by atoms with Gasteiger partial charge in [-0.1, -0.05) is 19.1 Å². The minimum Gasteiger partial charge on any atom is -1.00 e. The van der Waals surface area contributed by atoms with Gasteiger partial charge in [0.2, 0.25) is 6.73 Å². The number of hydrogen-bond donors (Lipinski definition) is 1. The molecule has 32 heavy (non-hydrogen) atoms. The molecule has 2 aliphatic rings. The molecule has 4 rings (SSSR count). The Morgan fingerprint density at radius 2 is 1.97 bits per heavy atom. The van der Waals surface area contributed by atoms with Crippen molar-refractivity contribution in [2.24, 2.45) is 10.4 Å². The highest BCUT2D eigenvalue weighted by atomic mass is 127. The van der Waals surface area contributed by atoms with E-state index in [4.69, 9.17) is 9.73 Å². The number of piperazine rings is 1. The summed E-state index contributed by atoms with van der Waals surface area (Å²) in [7, 11) is 2.18. The number of fused-ring (bicyclic) bond motifs is 2. The van der Waals surface area contributed by atoms with Gasteiger partial charge in [0, 0.05) is 4.88 Å². The number of carbonyl (C=O) groups is 1. The van der Waals surface area contributed by atoms with Crippen molar-refractivity contribution in [3.8, 4) is 0 Å². The van der Waals surface area contributed by atoms with Crippen LogP contribution in [0.25, 0.3) is 0 Å². The summed E-state index contributed by atoms with van der Waals surface area (Å²) in [6.07, 6.45) is 0.779. The maximum absolute atomic E-state index is 12.4. The van der Waals surface area contributed by atoms with E-state index in [0.717, 1.165) is 59.3 Å². The van der Waals surface area contributed by atoms with Crippen LogP contribution in [0.5, 0.6) is 0 Å². The molecule has 0 atom stereocenters. The SMILES string of the molecule is CCC(C)(C)C(=O)OC[N+]1(C)CCN(C2=Nc3ccccc3Nc3sc(C)cc32)CC1.[I-]. The molecule has 0 saturated carbocycles. The van der Waals surface area contributed by atoms with E-state index in [-0.39, 0.29) is 29.9 Å². The number of halogens is 1. The molecule has 2 aromatic rings. The Morgan fingerprint density at radius 3 is 2.66 bits per heavy atom. The fourth-order valence-electron chi connectivity index (χ4n) is 3.83. The van der Waals surface area contributed by atoms with Gasteiger partial charge in [-0.25, -0.2) is 4.99 Å².